The fraction of sp³-hybridized carbons (Fsp3) is 0.778. The third-order valence-electron chi connectivity index (χ3n) is 5.49. The lowest BCUT2D eigenvalue weighted by Crippen LogP contribution is -2.50. The van der Waals surface area contributed by atoms with Gasteiger partial charge in [0, 0.05) is 31.8 Å². The van der Waals surface area contributed by atoms with Crippen LogP contribution >= 0.6 is 0 Å². The standard InChI is InChI=1S/C18H28O4/c1-12-6-5-7-14(10-21-4)17(20)8-16-15(12)9-18(16,3)11-22-13(2)19/h14-16H,1,5-11H2,2-4H3/t14?,15?,16-,18-/m1/s1. The van der Waals surface area contributed by atoms with Crippen LogP contribution in [-0.2, 0) is 19.1 Å². The summed E-state index contributed by atoms with van der Waals surface area (Å²) in [6, 6.07) is 0. The second kappa shape index (κ2) is 6.95. The lowest BCUT2D eigenvalue weighted by atomic mass is 9.51. The number of Topliss-reactive ketones (excluding diaryl/α,β-unsaturated/α-hetero) is 1. The third-order valence-corrected chi connectivity index (χ3v) is 5.49. The number of hydrogen-bond acceptors (Lipinski definition) is 4. The maximum atomic E-state index is 12.6. The molecular weight excluding hydrogens is 280 g/mol. The van der Waals surface area contributed by atoms with E-state index in [0.717, 1.165) is 25.7 Å². The summed E-state index contributed by atoms with van der Waals surface area (Å²) in [4.78, 5) is 23.7. The molecule has 0 aromatic carbocycles. The summed E-state index contributed by atoms with van der Waals surface area (Å²) in [5.74, 6) is 0.667. The Kier molecular flexibility index (Phi) is 5.43. The van der Waals surface area contributed by atoms with E-state index in [2.05, 4.69) is 13.5 Å². The molecule has 2 fully saturated rings. The minimum absolute atomic E-state index is 0.00451. The molecule has 0 bridgehead atoms. The molecule has 2 rings (SSSR count). The van der Waals surface area contributed by atoms with Crippen LogP contribution in [0.2, 0.25) is 0 Å². The first-order valence-corrected chi connectivity index (χ1v) is 8.20. The molecule has 0 N–H and O–H groups in total. The van der Waals surface area contributed by atoms with Crippen LogP contribution in [0.1, 0.15) is 46.0 Å². The van der Waals surface area contributed by atoms with Crippen LogP contribution in [0, 0.1) is 23.2 Å². The van der Waals surface area contributed by atoms with E-state index in [0.29, 0.717) is 31.3 Å². The Morgan fingerprint density at radius 1 is 1.45 bits per heavy atom. The third kappa shape index (κ3) is 3.60. The largest absolute Gasteiger partial charge is 0.465 e. The van der Waals surface area contributed by atoms with Crippen LogP contribution in [0.4, 0.5) is 0 Å². The van der Waals surface area contributed by atoms with Gasteiger partial charge in [-0.25, -0.2) is 0 Å². The molecule has 4 heteroatoms. The highest BCUT2D eigenvalue weighted by Crippen LogP contribution is 2.56. The molecule has 4 nitrogen and oxygen atoms in total. The second-order valence-corrected chi connectivity index (χ2v) is 7.22. The van der Waals surface area contributed by atoms with Gasteiger partial charge >= 0.3 is 5.97 Å². The fourth-order valence-corrected chi connectivity index (χ4v) is 4.05. The van der Waals surface area contributed by atoms with Crippen LogP contribution in [0.5, 0.6) is 0 Å². The molecule has 0 aliphatic heterocycles. The molecule has 0 aromatic heterocycles. The maximum absolute atomic E-state index is 12.6. The zero-order valence-electron chi connectivity index (χ0n) is 14.0. The van der Waals surface area contributed by atoms with Gasteiger partial charge in [0.05, 0.1) is 13.2 Å². The number of carbonyl (C=O) groups excluding carboxylic acids is 2. The number of esters is 1. The Balaban J connectivity index is 2.11. The molecule has 2 unspecified atom stereocenters. The summed E-state index contributed by atoms with van der Waals surface area (Å²) in [6.07, 6.45) is 4.38. The molecular formula is C18H28O4. The summed E-state index contributed by atoms with van der Waals surface area (Å²) in [6.45, 7) is 8.71. The zero-order valence-corrected chi connectivity index (χ0v) is 14.0. The molecule has 22 heavy (non-hydrogen) atoms. The lowest BCUT2D eigenvalue weighted by molar-refractivity contribution is -0.153. The van der Waals surface area contributed by atoms with Gasteiger partial charge in [0.2, 0.25) is 0 Å². The number of allylic oxidation sites excluding steroid dienone is 1. The molecule has 2 saturated carbocycles. The smallest absolute Gasteiger partial charge is 0.302 e. The van der Waals surface area contributed by atoms with Gasteiger partial charge in [0.1, 0.15) is 5.78 Å². The second-order valence-electron chi connectivity index (χ2n) is 7.22. The van der Waals surface area contributed by atoms with Crippen molar-refractivity contribution in [3.8, 4) is 0 Å². The van der Waals surface area contributed by atoms with Gasteiger partial charge in [0.15, 0.2) is 0 Å². The van der Waals surface area contributed by atoms with Crippen LogP contribution in [0.3, 0.4) is 0 Å². The first-order valence-electron chi connectivity index (χ1n) is 8.20. The van der Waals surface area contributed by atoms with Crippen molar-refractivity contribution in [1.82, 2.24) is 0 Å². The molecule has 0 aromatic rings. The maximum Gasteiger partial charge on any atom is 0.302 e. The number of fused-ring (bicyclic) bond motifs is 1. The monoisotopic (exact) mass is 308 g/mol. The number of hydrogen-bond donors (Lipinski definition) is 0. The fourth-order valence-electron chi connectivity index (χ4n) is 4.05. The van der Waals surface area contributed by atoms with Crippen molar-refractivity contribution in [2.24, 2.45) is 23.2 Å². The summed E-state index contributed by atoms with van der Waals surface area (Å²) in [5.41, 5.74) is 1.16. The average molecular weight is 308 g/mol. The van der Waals surface area contributed by atoms with E-state index < -0.39 is 0 Å². The van der Waals surface area contributed by atoms with Crippen LogP contribution in [-0.4, -0.2) is 32.1 Å². The highest BCUT2D eigenvalue weighted by Gasteiger charge is 2.53. The molecule has 0 spiro atoms. The van der Waals surface area contributed by atoms with Crippen molar-refractivity contribution < 1.29 is 19.1 Å². The summed E-state index contributed by atoms with van der Waals surface area (Å²) >= 11 is 0. The van der Waals surface area contributed by atoms with Gasteiger partial charge < -0.3 is 9.47 Å². The van der Waals surface area contributed by atoms with Gasteiger partial charge in [-0.1, -0.05) is 19.1 Å². The minimum atomic E-state index is -0.254. The van der Waals surface area contributed by atoms with E-state index in [-0.39, 0.29) is 23.2 Å². The van der Waals surface area contributed by atoms with Gasteiger partial charge in [-0.3, -0.25) is 9.59 Å². The molecule has 2 aliphatic carbocycles. The van der Waals surface area contributed by atoms with Crippen LogP contribution < -0.4 is 0 Å². The lowest BCUT2D eigenvalue weighted by Gasteiger charge is -2.53. The predicted molar refractivity (Wildman–Crippen MR) is 84.3 cm³/mol. The highest BCUT2D eigenvalue weighted by molar-refractivity contribution is 5.81. The number of ketones is 1. The molecule has 0 radical (unpaired) electrons. The first kappa shape index (κ1) is 17.2. The van der Waals surface area contributed by atoms with Crippen molar-refractivity contribution in [2.45, 2.75) is 46.0 Å². The molecule has 0 amide bonds. The van der Waals surface area contributed by atoms with E-state index in [1.807, 2.05) is 0 Å². The Labute approximate surface area is 133 Å². The summed E-state index contributed by atoms with van der Waals surface area (Å²) < 4.78 is 10.5. The molecule has 2 aliphatic rings. The zero-order chi connectivity index (χ0) is 16.3. The number of carbonyl (C=O) groups is 2. The van der Waals surface area contributed by atoms with Crippen molar-refractivity contribution in [3.63, 3.8) is 0 Å². The summed E-state index contributed by atoms with van der Waals surface area (Å²) in [7, 11) is 1.65. The van der Waals surface area contributed by atoms with Crippen LogP contribution in [0.25, 0.3) is 0 Å². The molecule has 0 saturated heterocycles. The topological polar surface area (TPSA) is 52.6 Å². The Hall–Kier alpha value is -1.16. The molecule has 4 atom stereocenters. The van der Waals surface area contributed by atoms with Crippen molar-refractivity contribution in [1.29, 1.82) is 0 Å². The predicted octanol–water partition coefficient (Wildman–Crippen LogP) is 3.15. The average Bonchev–Trinajstić information content (AvgIpc) is 2.50. The molecule has 0 heterocycles. The minimum Gasteiger partial charge on any atom is -0.465 e. The SMILES string of the molecule is C=C1CCCC(COC)C(=O)C[C@@H]2C1C[C@]2(C)COC(C)=O. The Morgan fingerprint density at radius 2 is 2.18 bits per heavy atom. The van der Waals surface area contributed by atoms with Gasteiger partial charge in [0.25, 0.3) is 0 Å². The number of ether oxygens (including phenoxy) is 2. The van der Waals surface area contributed by atoms with Gasteiger partial charge in [-0.05, 0) is 37.5 Å². The van der Waals surface area contributed by atoms with E-state index in [1.165, 1.54) is 12.5 Å². The number of rotatable bonds is 4. The van der Waals surface area contributed by atoms with E-state index in [1.54, 1.807) is 7.11 Å². The van der Waals surface area contributed by atoms with E-state index >= 15 is 0 Å². The Morgan fingerprint density at radius 3 is 2.82 bits per heavy atom. The van der Waals surface area contributed by atoms with Gasteiger partial charge in [-0.15, -0.1) is 0 Å². The van der Waals surface area contributed by atoms with E-state index in [9.17, 15) is 9.59 Å². The normalized spacial score (nSPS) is 35.7. The van der Waals surface area contributed by atoms with E-state index in [4.69, 9.17) is 9.47 Å². The van der Waals surface area contributed by atoms with Crippen molar-refractivity contribution in [3.05, 3.63) is 12.2 Å². The summed E-state index contributed by atoms with van der Waals surface area (Å²) in [5, 5.41) is 0. The Bertz CT molecular complexity index is 456. The molecule has 124 valence electrons. The highest BCUT2D eigenvalue weighted by atomic mass is 16.5. The van der Waals surface area contributed by atoms with Crippen molar-refractivity contribution in [2.75, 3.05) is 20.3 Å². The van der Waals surface area contributed by atoms with Crippen LogP contribution in [0.15, 0.2) is 12.2 Å². The number of methoxy groups -OCH3 is 1. The van der Waals surface area contributed by atoms with Crippen molar-refractivity contribution >= 4 is 11.8 Å². The quantitative estimate of drug-likeness (QED) is 0.591. The van der Waals surface area contributed by atoms with Gasteiger partial charge in [-0.2, -0.15) is 0 Å². The first-order chi connectivity index (χ1) is 10.4.